The van der Waals surface area contributed by atoms with Crippen LogP contribution in [0.5, 0.6) is 0 Å². The van der Waals surface area contributed by atoms with E-state index in [-0.39, 0.29) is 24.1 Å². The number of carbonyl (C=O) groups excluding carboxylic acids is 1. The molecule has 0 radical (unpaired) electrons. The topological polar surface area (TPSA) is 36.4 Å². The summed E-state index contributed by atoms with van der Waals surface area (Å²) in [4.78, 5) is 20.8. The van der Waals surface area contributed by atoms with E-state index in [9.17, 15) is 9.18 Å². The first kappa shape index (κ1) is 19.1. The van der Waals surface area contributed by atoms with Gasteiger partial charge in [0.25, 0.3) is 0 Å². The number of hydrogen-bond donors (Lipinski definition) is 0. The lowest BCUT2D eigenvalue weighted by Crippen LogP contribution is -2.36. The maximum atomic E-state index is 14.0. The van der Waals surface area contributed by atoms with Crippen molar-refractivity contribution in [3.05, 3.63) is 65.7 Å². The van der Waals surface area contributed by atoms with Crippen molar-refractivity contribution in [2.24, 2.45) is 0 Å². The lowest BCUT2D eigenvalue weighted by atomic mass is 9.96. The maximum Gasteiger partial charge on any atom is 0.223 e. The van der Waals surface area contributed by atoms with Gasteiger partial charge in [-0.15, -0.1) is 0 Å². The van der Waals surface area contributed by atoms with E-state index in [0.717, 1.165) is 12.1 Å². The predicted octanol–water partition coefficient (Wildman–Crippen LogP) is 3.30. The van der Waals surface area contributed by atoms with Crippen LogP contribution in [0.25, 0.3) is 0 Å². The minimum atomic E-state index is -0.255. The van der Waals surface area contributed by atoms with Gasteiger partial charge in [-0.05, 0) is 43.3 Å². The highest BCUT2D eigenvalue weighted by Crippen LogP contribution is 2.23. The fourth-order valence-corrected chi connectivity index (χ4v) is 2.70. The van der Waals surface area contributed by atoms with Crippen LogP contribution < -0.4 is 0 Å². The molecule has 1 heterocycles. The third-order valence-electron chi connectivity index (χ3n) is 4.18. The van der Waals surface area contributed by atoms with E-state index in [4.69, 9.17) is 0 Å². The molecule has 0 saturated heterocycles. The van der Waals surface area contributed by atoms with E-state index in [2.05, 4.69) is 4.98 Å². The second-order valence-corrected chi connectivity index (χ2v) is 6.61. The number of likely N-dealkylation sites (N-methyl/N-ethyl adjacent to an activating group) is 1. The summed E-state index contributed by atoms with van der Waals surface area (Å²) in [5.41, 5.74) is 1.58. The number of pyridine rings is 1. The molecular formula is C20H26FN3O. The van der Waals surface area contributed by atoms with Crippen molar-refractivity contribution in [2.45, 2.75) is 25.8 Å². The minimum Gasteiger partial charge on any atom is -0.337 e. The molecule has 1 amide bonds. The van der Waals surface area contributed by atoms with Crippen molar-refractivity contribution < 1.29 is 9.18 Å². The highest BCUT2D eigenvalue weighted by Gasteiger charge is 2.20. The summed E-state index contributed by atoms with van der Waals surface area (Å²) in [6, 6.07) is 10.5. The maximum absolute atomic E-state index is 14.0. The summed E-state index contributed by atoms with van der Waals surface area (Å²) in [5.74, 6) is -0.388. The molecule has 0 saturated carbocycles. The summed E-state index contributed by atoms with van der Waals surface area (Å²) < 4.78 is 14.0. The van der Waals surface area contributed by atoms with Gasteiger partial charge < -0.3 is 9.80 Å². The molecule has 0 unspecified atom stereocenters. The fourth-order valence-electron chi connectivity index (χ4n) is 2.70. The summed E-state index contributed by atoms with van der Waals surface area (Å²) in [6.07, 6.45) is 3.78. The standard InChI is InChI=1S/C20H26FN3O/c1-16(18-8-4-5-9-19(18)21)13-20(25)24(12-11-23(2)3)15-17-7-6-10-22-14-17/h4-10,14,16H,11-13,15H2,1-3H3/t16-/m0/s1. The van der Waals surface area contributed by atoms with Crippen molar-refractivity contribution in [3.63, 3.8) is 0 Å². The fraction of sp³-hybridized carbons (Fsp3) is 0.400. The highest BCUT2D eigenvalue weighted by molar-refractivity contribution is 5.77. The average Bonchev–Trinajstić information content (AvgIpc) is 2.59. The molecule has 2 rings (SSSR count). The van der Waals surface area contributed by atoms with Crippen LogP contribution in [0.3, 0.4) is 0 Å². The van der Waals surface area contributed by atoms with Crippen molar-refractivity contribution >= 4 is 5.91 Å². The predicted molar refractivity (Wildman–Crippen MR) is 97.6 cm³/mol. The lowest BCUT2D eigenvalue weighted by Gasteiger charge is -2.26. The van der Waals surface area contributed by atoms with Crippen LogP contribution in [0, 0.1) is 5.82 Å². The smallest absolute Gasteiger partial charge is 0.223 e. The molecule has 0 fully saturated rings. The molecule has 1 atom stereocenters. The first-order chi connectivity index (χ1) is 12.0. The molecule has 0 N–H and O–H groups in total. The Morgan fingerprint density at radius 3 is 2.56 bits per heavy atom. The zero-order valence-electron chi connectivity index (χ0n) is 15.2. The van der Waals surface area contributed by atoms with Crippen LogP contribution in [0.2, 0.25) is 0 Å². The monoisotopic (exact) mass is 343 g/mol. The average molecular weight is 343 g/mol. The lowest BCUT2D eigenvalue weighted by molar-refractivity contribution is -0.132. The number of benzene rings is 1. The second-order valence-electron chi connectivity index (χ2n) is 6.61. The third kappa shape index (κ3) is 5.94. The molecule has 4 nitrogen and oxygen atoms in total. The van der Waals surface area contributed by atoms with Crippen LogP contribution in [0.1, 0.15) is 30.4 Å². The van der Waals surface area contributed by atoms with Crippen LogP contribution in [0.15, 0.2) is 48.8 Å². The highest BCUT2D eigenvalue weighted by atomic mass is 19.1. The SMILES string of the molecule is C[C@@H](CC(=O)N(CCN(C)C)Cc1cccnc1)c1ccccc1F. The first-order valence-corrected chi connectivity index (χ1v) is 8.53. The number of rotatable bonds is 8. The number of hydrogen-bond acceptors (Lipinski definition) is 3. The number of halogens is 1. The Morgan fingerprint density at radius 2 is 1.92 bits per heavy atom. The third-order valence-corrected chi connectivity index (χ3v) is 4.18. The second kappa shape index (κ2) is 9.28. The zero-order valence-corrected chi connectivity index (χ0v) is 15.2. The molecule has 0 spiro atoms. The van der Waals surface area contributed by atoms with E-state index in [0.29, 0.717) is 18.7 Å². The number of nitrogens with zero attached hydrogens (tertiary/aromatic N) is 3. The van der Waals surface area contributed by atoms with Gasteiger partial charge in [0, 0.05) is 38.4 Å². The summed E-state index contributed by atoms with van der Waals surface area (Å²) in [7, 11) is 3.96. The van der Waals surface area contributed by atoms with E-state index in [1.807, 2.05) is 43.0 Å². The zero-order chi connectivity index (χ0) is 18.2. The van der Waals surface area contributed by atoms with E-state index >= 15 is 0 Å². The van der Waals surface area contributed by atoms with Gasteiger partial charge in [-0.2, -0.15) is 0 Å². The Balaban J connectivity index is 2.07. The van der Waals surface area contributed by atoms with E-state index in [1.165, 1.54) is 6.07 Å². The van der Waals surface area contributed by atoms with Gasteiger partial charge in [0.1, 0.15) is 5.82 Å². The van der Waals surface area contributed by atoms with E-state index in [1.54, 1.807) is 30.6 Å². The Kier molecular flexibility index (Phi) is 7.07. The van der Waals surface area contributed by atoms with Gasteiger partial charge in [0.2, 0.25) is 5.91 Å². The molecule has 25 heavy (non-hydrogen) atoms. The molecule has 1 aromatic heterocycles. The number of carbonyl (C=O) groups is 1. The van der Waals surface area contributed by atoms with Crippen LogP contribution in [0.4, 0.5) is 4.39 Å². The Labute approximate surface area is 149 Å². The number of aromatic nitrogens is 1. The molecule has 2 aromatic rings. The van der Waals surface area contributed by atoms with Crippen LogP contribution >= 0.6 is 0 Å². The Hall–Kier alpha value is -2.27. The molecule has 0 aliphatic heterocycles. The molecule has 1 aromatic carbocycles. The van der Waals surface area contributed by atoms with Gasteiger partial charge in [0.15, 0.2) is 0 Å². The minimum absolute atomic E-state index is 0.0291. The van der Waals surface area contributed by atoms with E-state index < -0.39 is 0 Å². The molecular weight excluding hydrogens is 317 g/mol. The van der Waals surface area contributed by atoms with Gasteiger partial charge in [-0.3, -0.25) is 9.78 Å². The van der Waals surface area contributed by atoms with Crippen molar-refractivity contribution in [1.82, 2.24) is 14.8 Å². The van der Waals surface area contributed by atoms with Crippen molar-refractivity contribution in [1.29, 1.82) is 0 Å². The Morgan fingerprint density at radius 1 is 1.16 bits per heavy atom. The summed E-state index contributed by atoms with van der Waals surface area (Å²) in [6.45, 7) is 3.82. The van der Waals surface area contributed by atoms with Crippen molar-refractivity contribution in [3.8, 4) is 0 Å². The molecule has 134 valence electrons. The van der Waals surface area contributed by atoms with Crippen molar-refractivity contribution in [2.75, 3.05) is 27.2 Å². The number of amides is 1. The van der Waals surface area contributed by atoms with Gasteiger partial charge in [0.05, 0.1) is 0 Å². The van der Waals surface area contributed by atoms with Gasteiger partial charge in [-0.1, -0.05) is 31.2 Å². The summed E-state index contributed by atoms with van der Waals surface area (Å²) >= 11 is 0. The first-order valence-electron chi connectivity index (χ1n) is 8.53. The van der Waals surface area contributed by atoms with Crippen LogP contribution in [-0.2, 0) is 11.3 Å². The Bertz CT molecular complexity index is 676. The quantitative estimate of drug-likeness (QED) is 0.738. The molecule has 5 heteroatoms. The largest absolute Gasteiger partial charge is 0.337 e. The van der Waals surface area contributed by atoms with Crippen LogP contribution in [-0.4, -0.2) is 47.9 Å². The van der Waals surface area contributed by atoms with Gasteiger partial charge >= 0.3 is 0 Å². The molecule has 0 aliphatic rings. The molecule has 0 aliphatic carbocycles. The normalized spacial score (nSPS) is 12.2. The van der Waals surface area contributed by atoms with Gasteiger partial charge in [-0.25, -0.2) is 4.39 Å². The summed E-state index contributed by atoms with van der Waals surface area (Å²) in [5, 5.41) is 0. The molecule has 0 bridgehead atoms.